The molecule has 0 aliphatic carbocycles. The molecule has 0 saturated heterocycles. The topological polar surface area (TPSA) is 93.4 Å². The molecule has 40 heavy (non-hydrogen) atoms. The van der Waals surface area contributed by atoms with Crippen LogP contribution in [0.25, 0.3) is 11.0 Å². The molecule has 0 saturated carbocycles. The number of aliphatic carboxylic acids is 1. The van der Waals surface area contributed by atoms with E-state index in [0.717, 1.165) is 70.7 Å². The fourth-order valence-electron chi connectivity index (χ4n) is 5.97. The van der Waals surface area contributed by atoms with Gasteiger partial charge < -0.3 is 9.84 Å². The van der Waals surface area contributed by atoms with Gasteiger partial charge in [0.25, 0.3) is 0 Å². The van der Waals surface area contributed by atoms with E-state index in [1.807, 2.05) is 59.3 Å². The third-order valence-electron chi connectivity index (χ3n) is 8.51. The maximum Gasteiger partial charge on any atom is 0.310 e. The monoisotopic (exact) mass is 541 g/mol. The van der Waals surface area contributed by atoms with Crippen molar-refractivity contribution in [2.24, 2.45) is 12.5 Å². The number of carboxylic acids is 1. The summed E-state index contributed by atoms with van der Waals surface area (Å²) >= 11 is 0. The van der Waals surface area contributed by atoms with Crippen molar-refractivity contribution in [2.45, 2.75) is 73.1 Å². The number of fused-ring (bicyclic) bond motifs is 2. The maximum atomic E-state index is 12.6. The van der Waals surface area contributed by atoms with Crippen LogP contribution < -0.4 is 4.74 Å². The van der Waals surface area contributed by atoms with Crippen molar-refractivity contribution in [3.63, 3.8) is 0 Å². The summed E-state index contributed by atoms with van der Waals surface area (Å²) in [5, 5.41) is 18.9. The van der Waals surface area contributed by atoms with Crippen molar-refractivity contribution >= 4 is 17.0 Å². The predicted molar refractivity (Wildman–Crippen MR) is 155 cm³/mol. The van der Waals surface area contributed by atoms with E-state index in [-0.39, 0.29) is 12.0 Å². The van der Waals surface area contributed by atoms with Crippen LogP contribution in [0.4, 0.5) is 0 Å². The standard InChI is InChI=1S/C32H39N5O3/c1-8-25-18-37(17-24-15-33-14-20(3)30(24)40-25)16-23-13-22(10-9-19(23)2)28(32(5,6)31(38)39)26-11-12-27-29(21(26)4)34-35-36(27)7/h9-15,25,28H,8,16-18H2,1-7H3,(H,38,39)/t25-,28+/m1/s1. The summed E-state index contributed by atoms with van der Waals surface area (Å²) in [5.74, 6) is -0.264. The lowest BCUT2D eigenvalue weighted by atomic mass is 9.69. The highest BCUT2D eigenvalue weighted by Gasteiger charge is 2.40. The van der Waals surface area contributed by atoms with Gasteiger partial charge in [0.05, 0.1) is 10.9 Å². The fraction of sp³-hybridized carbons (Fsp3) is 0.438. The molecule has 1 N–H and O–H groups in total. The lowest BCUT2D eigenvalue weighted by molar-refractivity contribution is -0.147. The van der Waals surface area contributed by atoms with E-state index in [4.69, 9.17) is 4.74 Å². The van der Waals surface area contributed by atoms with Crippen molar-refractivity contribution in [3.8, 4) is 5.75 Å². The Morgan fingerprint density at radius 3 is 2.65 bits per heavy atom. The van der Waals surface area contributed by atoms with Crippen LogP contribution in [0.1, 0.15) is 72.1 Å². The predicted octanol–water partition coefficient (Wildman–Crippen LogP) is 5.70. The largest absolute Gasteiger partial charge is 0.488 e. The molecular weight excluding hydrogens is 502 g/mol. The van der Waals surface area contributed by atoms with Crippen molar-refractivity contribution in [3.05, 3.63) is 81.7 Å². The minimum atomic E-state index is -1.06. The highest BCUT2D eigenvalue weighted by molar-refractivity contribution is 5.81. The molecule has 0 spiro atoms. The first-order valence-electron chi connectivity index (χ1n) is 13.9. The van der Waals surface area contributed by atoms with Gasteiger partial charge in [0.15, 0.2) is 0 Å². The summed E-state index contributed by atoms with van der Waals surface area (Å²) in [4.78, 5) is 19.5. The Bertz CT molecular complexity index is 1570. The van der Waals surface area contributed by atoms with E-state index in [9.17, 15) is 9.90 Å². The molecule has 210 valence electrons. The number of nitrogens with zero attached hydrogens (tertiary/aromatic N) is 5. The first-order valence-corrected chi connectivity index (χ1v) is 13.9. The van der Waals surface area contributed by atoms with Crippen molar-refractivity contribution < 1.29 is 14.6 Å². The number of carboxylic acid groups (broad SMARTS) is 1. The van der Waals surface area contributed by atoms with E-state index in [2.05, 4.69) is 52.2 Å². The summed E-state index contributed by atoms with van der Waals surface area (Å²) in [6, 6.07) is 10.4. The molecule has 0 radical (unpaired) electrons. The third kappa shape index (κ3) is 4.96. The normalized spacial score (nSPS) is 16.8. The summed E-state index contributed by atoms with van der Waals surface area (Å²) < 4.78 is 8.16. The summed E-state index contributed by atoms with van der Waals surface area (Å²) in [6.45, 7) is 14.2. The Balaban J connectivity index is 1.56. The molecule has 0 unspecified atom stereocenters. The maximum absolute atomic E-state index is 12.6. The van der Waals surface area contributed by atoms with Crippen LogP contribution in [0, 0.1) is 26.2 Å². The van der Waals surface area contributed by atoms with Gasteiger partial charge in [0.2, 0.25) is 0 Å². The molecule has 2 aromatic carbocycles. The molecular formula is C32H39N5O3. The molecule has 2 aromatic heterocycles. The van der Waals surface area contributed by atoms with Gasteiger partial charge in [0, 0.05) is 56.1 Å². The molecule has 4 aromatic rings. The van der Waals surface area contributed by atoms with Crippen LogP contribution in [-0.2, 0) is 24.9 Å². The number of hydrogen-bond acceptors (Lipinski definition) is 6. The Labute approximate surface area is 236 Å². The van der Waals surface area contributed by atoms with E-state index in [0.29, 0.717) is 0 Å². The molecule has 1 aliphatic rings. The van der Waals surface area contributed by atoms with E-state index in [1.54, 1.807) is 4.68 Å². The lowest BCUT2D eigenvalue weighted by Gasteiger charge is -2.33. The number of pyridine rings is 1. The van der Waals surface area contributed by atoms with Crippen molar-refractivity contribution in [1.82, 2.24) is 24.9 Å². The summed E-state index contributed by atoms with van der Waals surface area (Å²) in [5.41, 5.74) is 8.09. The van der Waals surface area contributed by atoms with Gasteiger partial charge in [-0.2, -0.15) is 0 Å². The second-order valence-electron chi connectivity index (χ2n) is 11.8. The van der Waals surface area contributed by atoms with Crippen LogP contribution in [-0.4, -0.2) is 48.6 Å². The highest BCUT2D eigenvalue weighted by Crippen LogP contribution is 2.44. The third-order valence-corrected chi connectivity index (χ3v) is 8.51. The zero-order chi connectivity index (χ0) is 28.8. The Kier molecular flexibility index (Phi) is 7.40. The first-order chi connectivity index (χ1) is 19.0. The van der Waals surface area contributed by atoms with Gasteiger partial charge in [-0.3, -0.25) is 14.7 Å². The summed E-state index contributed by atoms with van der Waals surface area (Å²) in [6.07, 6.45) is 4.77. The highest BCUT2D eigenvalue weighted by atomic mass is 16.5. The first kappa shape index (κ1) is 27.8. The zero-order valence-electron chi connectivity index (χ0n) is 24.5. The van der Waals surface area contributed by atoms with Crippen molar-refractivity contribution in [1.29, 1.82) is 0 Å². The molecule has 0 bridgehead atoms. The van der Waals surface area contributed by atoms with Gasteiger partial charge in [-0.15, -0.1) is 5.10 Å². The number of hydrogen-bond donors (Lipinski definition) is 1. The molecule has 3 heterocycles. The molecule has 8 nitrogen and oxygen atoms in total. The second-order valence-corrected chi connectivity index (χ2v) is 11.8. The Hall–Kier alpha value is -3.78. The van der Waals surface area contributed by atoms with Gasteiger partial charge in [-0.25, -0.2) is 4.68 Å². The number of aryl methyl sites for hydroxylation is 4. The minimum absolute atomic E-state index is 0.0888. The molecule has 0 amide bonds. The number of ether oxygens (including phenoxy) is 1. The van der Waals surface area contributed by atoms with Gasteiger partial charge in [0.1, 0.15) is 17.4 Å². The minimum Gasteiger partial charge on any atom is -0.488 e. The number of aromatic nitrogens is 4. The van der Waals surface area contributed by atoms with E-state index >= 15 is 0 Å². The molecule has 0 fully saturated rings. The lowest BCUT2D eigenvalue weighted by Crippen LogP contribution is -2.33. The number of carbonyl (C=O) groups is 1. The van der Waals surface area contributed by atoms with Crippen LogP contribution in [0.3, 0.4) is 0 Å². The van der Waals surface area contributed by atoms with E-state index in [1.165, 1.54) is 11.1 Å². The fourth-order valence-corrected chi connectivity index (χ4v) is 5.97. The van der Waals surface area contributed by atoms with Crippen LogP contribution in [0.5, 0.6) is 5.75 Å². The molecule has 8 heteroatoms. The molecule has 2 atom stereocenters. The van der Waals surface area contributed by atoms with Crippen LogP contribution in [0.15, 0.2) is 42.7 Å². The number of benzene rings is 2. The Morgan fingerprint density at radius 1 is 1.15 bits per heavy atom. The summed E-state index contributed by atoms with van der Waals surface area (Å²) in [7, 11) is 1.87. The Morgan fingerprint density at radius 2 is 1.93 bits per heavy atom. The van der Waals surface area contributed by atoms with Crippen LogP contribution in [0.2, 0.25) is 0 Å². The van der Waals surface area contributed by atoms with Gasteiger partial charge in [-0.1, -0.05) is 36.4 Å². The average Bonchev–Trinajstić information content (AvgIpc) is 3.18. The smallest absolute Gasteiger partial charge is 0.310 e. The van der Waals surface area contributed by atoms with Crippen LogP contribution >= 0.6 is 0 Å². The quantitative estimate of drug-likeness (QED) is 0.321. The SMILES string of the molecule is CC[C@@H]1CN(Cc2cc([C@@H](c3ccc4c(nnn4C)c3C)C(C)(C)C(=O)O)ccc2C)Cc2cncc(C)c2O1. The number of rotatable bonds is 7. The van der Waals surface area contributed by atoms with Crippen molar-refractivity contribution in [2.75, 3.05) is 6.54 Å². The second kappa shape index (κ2) is 10.7. The van der Waals surface area contributed by atoms with E-state index < -0.39 is 11.4 Å². The molecule has 5 rings (SSSR count). The van der Waals surface area contributed by atoms with Gasteiger partial charge in [-0.05, 0) is 74.9 Å². The average molecular weight is 542 g/mol. The van der Waals surface area contributed by atoms with Gasteiger partial charge >= 0.3 is 5.97 Å². The molecule has 1 aliphatic heterocycles. The zero-order valence-corrected chi connectivity index (χ0v) is 24.5.